The molecule has 0 bridgehead atoms. The maximum Gasteiger partial charge on any atom is -0.00106 e. The van der Waals surface area contributed by atoms with Crippen molar-refractivity contribution >= 4 is 0 Å². The molecule has 0 atom stereocenters. The van der Waals surface area contributed by atoms with Gasteiger partial charge >= 0.3 is 0 Å². The van der Waals surface area contributed by atoms with E-state index in [4.69, 9.17) is 0 Å². The monoisotopic (exact) mass is 344 g/mol. The molecule has 0 heterocycles. The average Bonchev–Trinajstić information content (AvgIpc) is 3.26. The molecule has 0 radical (unpaired) electrons. The molecule has 0 N–H and O–H groups in total. The molecule has 6 rings (SSSR count). The van der Waals surface area contributed by atoms with Crippen LogP contribution in [-0.2, 0) is 19.3 Å². The fourth-order valence-corrected chi connectivity index (χ4v) is 4.92. The molecule has 2 aliphatic rings. The van der Waals surface area contributed by atoms with Crippen molar-refractivity contribution in [1.29, 1.82) is 0 Å². The van der Waals surface area contributed by atoms with Crippen LogP contribution < -0.4 is 0 Å². The number of benzene rings is 4. The molecule has 0 fully saturated rings. The van der Waals surface area contributed by atoms with Gasteiger partial charge in [-0.05, 0) is 74.9 Å². The molecule has 4 aromatic rings. The Hall–Kier alpha value is -3.12. The molecule has 0 saturated carbocycles. The van der Waals surface area contributed by atoms with Gasteiger partial charge in [-0.3, -0.25) is 0 Å². The second-order valence-electron chi connectivity index (χ2n) is 7.78. The van der Waals surface area contributed by atoms with Crippen LogP contribution in [-0.4, -0.2) is 0 Å². The Labute approximate surface area is 160 Å². The summed E-state index contributed by atoms with van der Waals surface area (Å²) in [6.07, 6.45) is 3.15. The summed E-state index contributed by atoms with van der Waals surface area (Å²) in [5.74, 6) is 0. The molecule has 0 aromatic heterocycles. The first-order valence-electron chi connectivity index (χ1n) is 9.76. The van der Waals surface area contributed by atoms with E-state index in [1.807, 2.05) is 0 Å². The summed E-state index contributed by atoms with van der Waals surface area (Å²) < 4.78 is 0. The molecule has 0 heteroatoms. The van der Waals surface area contributed by atoms with Crippen LogP contribution in [0.5, 0.6) is 0 Å². The van der Waals surface area contributed by atoms with Crippen LogP contribution in [0.2, 0.25) is 0 Å². The lowest BCUT2D eigenvalue weighted by molar-refractivity contribution is 1.11. The zero-order valence-electron chi connectivity index (χ0n) is 15.2. The maximum atomic E-state index is 2.43. The first-order chi connectivity index (χ1) is 13.4. The lowest BCUT2D eigenvalue weighted by atomic mass is 9.94. The molecule has 0 spiro atoms. The topological polar surface area (TPSA) is 0 Å². The van der Waals surface area contributed by atoms with Gasteiger partial charge < -0.3 is 0 Å². The lowest BCUT2D eigenvalue weighted by Gasteiger charge is -2.10. The normalized spacial score (nSPS) is 13.0. The van der Waals surface area contributed by atoms with Crippen molar-refractivity contribution in [3.8, 4) is 22.3 Å². The Morgan fingerprint density at radius 2 is 1.19 bits per heavy atom. The zero-order valence-corrected chi connectivity index (χ0v) is 15.2. The summed E-state index contributed by atoms with van der Waals surface area (Å²) >= 11 is 0. The molecular formula is C27H20. The van der Waals surface area contributed by atoms with Gasteiger partial charge in [0.25, 0.3) is 0 Å². The van der Waals surface area contributed by atoms with Crippen molar-refractivity contribution in [2.75, 3.05) is 0 Å². The van der Waals surface area contributed by atoms with E-state index in [1.165, 1.54) is 55.6 Å². The first-order valence-corrected chi connectivity index (χ1v) is 9.76. The predicted molar refractivity (Wildman–Crippen MR) is 112 cm³/mol. The van der Waals surface area contributed by atoms with Crippen LogP contribution in [0.3, 0.4) is 0 Å². The van der Waals surface area contributed by atoms with Gasteiger partial charge in [0.05, 0.1) is 0 Å². The minimum atomic E-state index is 1.01. The molecule has 0 amide bonds. The number of hydrogen-bond acceptors (Lipinski definition) is 0. The fourth-order valence-electron chi connectivity index (χ4n) is 4.92. The lowest BCUT2D eigenvalue weighted by Crippen LogP contribution is -1.96. The van der Waals surface area contributed by atoms with Gasteiger partial charge in [-0.25, -0.2) is 0 Å². The van der Waals surface area contributed by atoms with Crippen molar-refractivity contribution in [2.24, 2.45) is 0 Å². The third-order valence-corrected chi connectivity index (χ3v) is 6.20. The van der Waals surface area contributed by atoms with Gasteiger partial charge in [0.2, 0.25) is 0 Å². The molecule has 27 heavy (non-hydrogen) atoms. The molecule has 0 nitrogen and oxygen atoms in total. The maximum absolute atomic E-state index is 2.43. The SMILES string of the molecule is c1ccc2c(c1)Cc1cc(Cc3cccc4c3Cc3ccccc3-4)ccc1-2. The highest BCUT2D eigenvalue weighted by Crippen LogP contribution is 2.40. The van der Waals surface area contributed by atoms with Gasteiger partial charge in [0.15, 0.2) is 0 Å². The van der Waals surface area contributed by atoms with E-state index >= 15 is 0 Å². The highest BCUT2D eigenvalue weighted by Gasteiger charge is 2.21. The van der Waals surface area contributed by atoms with Gasteiger partial charge in [-0.2, -0.15) is 0 Å². The average molecular weight is 344 g/mol. The largest absolute Gasteiger partial charge is 0.0619 e. The van der Waals surface area contributed by atoms with Crippen LogP contribution in [0.15, 0.2) is 84.9 Å². The Balaban J connectivity index is 1.37. The van der Waals surface area contributed by atoms with E-state index < -0.39 is 0 Å². The van der Waals surface area contributed by atoms with Gasteiger partial charge in [0.1, 0.15) is 0 Å². The van der Waals surface area contributed by atoms with Crippen molar-refractivity contribution in [3.05, 3.63) is 118 Å². The van der Waals surface area contributed by atoms with Crippen LogP contribution >= 0.6 is 0 Å². The molecule has 0 aliphatic heterocycles. The summed E-state index contributed by atoms with van der Waals surface area (Å²) in [6, 6.07) is 31.5. The van der Waals surface area contributed by atoms with E-state index in [9.17, 15) is 0 Å². The number of hydrogen-bond donors (Lipinski definition) is 0. The molecule has 4 aromatic carbocycles. The van der Waals surface area contributed by atoms with E-state index in [2.05, 4.69) is 84.9 Å². The molecular weight excluding hydrogens is 324 g/mol. The third-order valence-electron chi connectivity index (χ3n) is 6.20. The molecule has 2 aliphatic carbocycles. The van der Waals surface area contributed by atoms with Crippen molar-refractivity contribution < 1.29 is 0 Å². The fraction of sp³-hybridized carbons (Fsp3) is 0.111. The van der Waals surface area contributed by atoms with E-state index in [-0.39, 0.29) is 0 Å². The number of fused-ring (bicyclic) bond motifs is 6. The molecule has 0 saturated heterocycles. The highest BCUT2D eigenvalue weighted by atomic mass is 14.3. The standard InChI is InChI=1S/C27H20/c1-3-9-23-20(6-1)16-22-15-18(12-13-25(22)23)14-19-8-5-11-26-24-10-4-2-7-21(24)17-27(19)26/h1-13,15H,14,16-17H2. The van der Waals surface area contributed by atoms with E-state index in [0.717, 1.165) is 19.3 Å². The van der Waals surface area contributed by atoms with Crippen LogP contribution in [0.1, 0.15) is 33.4 Å². The van der Waals surface area contributed by atoms with E-state index in [1.54, 1.807) is 0 Å². The summed E-state index contributed by atoms with van der Waals surface area (Å²) in [7, 11) is 0. The summed E-state index contributed by atoms with van der Waals surface area (Å²) in [4.78, 5) is 0. The molecule has 0 unspecified atom stereocenters. The Kier molecular flexibility index (Phi) is 3.16. The Morgan fingerprint density at radius 1 is 0.519 bits per heavy atom. The highest BCUT2D eigenvalue weighted by molar-refractivity contribution is 5.79. The smallest absolute Gasteiger partial charge is 0.00106 e. The van der Waals surface area contributed by atoms with Crippen LogP contribution in [0.4, 0.5) is 0 Å². The summed E-state index contributed by atoms with van der Waals surface area (Å²) in [5, 5.41) is 0. The quantitative estimate of drug-likeness (QED) is 0.340. The second kappa shape index (κ2) is 5.69. The predicted octanol–water partition coefficient (Wildman–Crippen LogP) is 6.42. The van der Waals surface area contributed by atoms with Crippen LogP contribution in [0, 0.1) is 0 Å². The zero-order chi connectivity index (χ0) is 17.8. The third kappa shape index (κ3) is 2.30. The molecule has 128 valence electrons. The minimum absolute atomic E-state index is 1.01. The van der Waals surface area contributed by atoms with Gasteiger partial charge in [-0.15, -0.1) is 0 Å². The van der Waals surface area contributed by atoms with Crippen molar-refractivity contribution in [1.82, 2.24) is 0 Å². The van der Waals surface area contributed by atoms with Crippen molar-refractivity contribution in [2.45, 2.75) is 19.3 Å². The summed E-state index contributed by atoms with van der Waals surface area (Å²) in [6.45, 7) is 0. The van der Waals surface area contributed by atoms with Crippen LogP contribution in [0.25, 0.3) is 22.3 Å². The van der Waals surface area contributed by atoms with Crippen molar-refractivity contribution in [3.63, 3.8) is 0 Å². The van der Waals surface area contributed by atoms with Gasteiger partial charge in [-0.1, -0.05) is 84.9 Å². The van der Waals surface area contributed by atoms with E-state index in [0.29, 0.717) is 0 Å². The Morgan fingerprint density at radius 3 is 2.04 bits per heavy atom. The minimum Gasteiger partial charge on any atom is -0.0619 e. The number of rotatable bonds is 2. The second-order valence-corrected chi connectivity index (χ2v) is 7.78. The summed E-state index contributed by atoms with van der Waals surface area (Å²) in [5.41, 5.74) is 14.5. The first kappa shape index (κ1) is 15.0. The Bertz CT molecular complexity index is 1200. The van der Waals surface area contributed by atoms with Gasteiger partial charge in [0, 0.05) is 0 Å².